The zero-order valence-corrected chi connectivity index (χ0v) is 7.73. The lowest BCUT2D eigenvalue weighted by Gasteiger charge is -2.16. The normalized spacial score (nSPS) is 13.8. The van der Waals surface area contributed by atoms with Crippen molar-refractivity contribution in [1.29, 1.82) is 0 Å². The topological polar surface area (TPSA) is 144 Å². The number of hydrogen-bond donors (Lipinski definition) is 5. The van der Waals surface area contributed by atoms with E-state index < -0.39 is 27.8 Å². The Bertz CT molecular complexity index is 206. The Kier molecular flexibility index (Phi) is 4.02. The van der Waals surface area contributed by atoms with Crippen LogP contribution in [-0.2, 0) is 9.13 Å². The second-order valence-corrected chi connectivity index (χ2v) is 5.43. The van der Waals surface area contributed by atoms with Gasteiger partial charge in [-0.05, 0) is 0 Å². The van der Waals surface area contributed by atoms with Gasteiger partial charge in [0.05, 0.1) is 0 Å². The molecule has 0 bridgehead atoms. The molecule has 0 heterocycles. The van der Waals surface area contributed by atoms with Crippen LogP contribution in [-0.4, -0.2) is 37.2 Å². The van der Waals surface area contributed by atoms with Gasteiger partial charge in [-0.2, -0.15) is 0 Å². The first-order chi connectivity index (χ1) is 5.10. The van der Waals surface area contributed by atoms with Crippen LogP contribution in [0.3, 0.4) is 0 Å². The molecule has 12 heavy (non-hydrogen) atoms. The largest absolute Gasteiger partial charge is 0.340 e. The highest BCUT2D eigenvalue weighted by molar-refractivity contribution is 7.52. The van der Waals surface area contributed by atoms with Gasteiger partial charge in [0, 0.05) is 0 Å². The van der Waals surface area contributed by atoms with Crippen molar-refractivity contribution >= 4 is 15.2 Å². The molecule has 0 amide bonds. The van der Waals surface area contributed by atoms with Crippen LogP contribution < -0.4 is 5.84 Å². The summed E-state index contributed by atoms with van der Waals surface area (Å²) in [5.41, 5.74) is 0. The van der Waals surface area contributed by atoms with Crippen molar-refractivity contribution in [2.75, 3.05) is 12.6 Å². The molecule has 6 N–H and O–H groups in total. The fourth-order valence-electron chi connectivity index (χ4n) is 0.518. The van der Waals surface area contributed by atoms with Crippen molar-refractivity contribution in [3.63, 3.8) is 0 Å². The average molecular weight is 220 g/mol. The predicted octanol–water partition coefficient (Wildman–Crippen LogP) is -1.57. The maximum Gasteiger partial charge on any atom is 0.340 e. The van der Waals surface area contributed by atoms with E-state index in [1.54, 1.807) is 0 Å². The molecule has 0 aliphatic rings. The Morgan fingerprint density at radius 3 is 1.42 bits per heavy atom. The van der Waals surface area contributed by atoms with E-state index in [0.29, 0.717) is 5.01 Å². The molecule has 0 aliphatic carbocycles. The summed E-state index contributed by atoms with van der Waals surface area (Å²) in [5, 5.41) is 0.390. The van der Waals surface area contributed by atoms with Crippen LogP contribution in [0.1, 0.15) is 0 Å². The third-order valence-corrected chi connectivity index (χ3v) is 2.20. The molecule has 0 spiro atoms. The van der Waals surface area contributed by atoms with Crippen LogP contribution in [0.2, 0.25) is 0 Å². The molecular weight excluding hydrogens is 210 g/mol. The van der Waals surface area contributed by atoms with Gasteiger partial charge in [0.2, 0.25) is 0 Å². The van der Waals surface area contributed by atoms with Gasteiger partial charge in [-0.1, -0.05) is 0 Å². The number of hydrazine groups is 1. The molecule has 0 saturated carbocycles. The van der Waals surface area contributed by atoms with Gasteiger partial charge in [0.1, 0.15) is 12.6 Å². The van der Waals surface area contributed by atoms with Gasteiger partial charge in [0.15, 0.2) is 0 Å². The second-order valence-electron chi connectivity index (χ2n) is 2.20. The van der Waals surface area contributed by atoms with Crippen molar-refractivity contribution in [3.05, 3.63) is 0 Å². The first-order valence-corrected chi connectivity index (χ1v) is 6.28. The number of nitrogens with two attached hydrogens (primary N) is 1. The zero-order chi connectivity index (χ0) is 9.99. The minimum absolute atomic E-state index is 0.390. The van der Waals surface area contributed by atoms with Crippen molar-refractivity contribution in [2.24, 2.45) is 5.84 Å². The lowest BCUT2D eigenvalue weighted by Crippen LogP contribution is -2.32. The second kappa shape index (κ2) is 3.95. The van der Waals surface area contributed by atoms with Gasteiger partial charge in [0.25, 0.3) is 0 Å². The third kappa shape index (κ3) is 8.32. The molecule has 0 atom stereocenters. The quantitative estimate of drug-likeness (QED) is 0.217. The van der Waals surface area contributed by atoms with Crippen molar-refractivity contribution in [2.45, 2.75) is 0 Å². The van der Waals surface area contributed by atoms with Crippen LogP contribution in [0, 0.1) is 0 Å². The highest BCUT2D eigenvalue weighted by Gasteiger charge is 2.23. The van der Waals surface area contributed by atoms with E-state index in [-0.39, 0.29) is 0 Å². The predicted molar refractivity (Wildman–Crippen MR) is 39.8 cm³/mol. The van der Waals surface area contributed by atoms with Gasteiger partial charge in [-0.25, -0.2) is 5.01 Å². The molecule has 10 heteroatoms. The minimum Gasteiger partial charge on any atom is -0.323 e. The summed E-state index contributed by atoms with van der Waals surface area (Å²) in [6, 6.07) is 0. The number of nitrogens with zero attached hydrogens (tertiary/aromatic N) is 1. The van der Waals surface area contributed by atoms with Crippen molar-refractivity contribution < 1.29 is 28.7 Å². The van der Waals surface area contributed by atoms with E-state index in [4.69, 9.17) is 25.4 Å². The highest BCUT2D eigenvalue weighted by atomic mass is 31.2. The Hall–Kier alpha value is 0.220. The molecule has 0 radical (unpaired) electrons. The lowest BCUT2D eigenvalue weighted by molar-refractivity contribution is 0.283. The van der Waals surface area contributed by atoms with E-state index in [2.05, 4.69) is 0 Å². The van der Waals surface area contributed by atoms with E-state index in [1.165, 1.54) is 0 Å². The van der Waals surface area contributed by atoms with E-state index in [0.717, 1.165) is 0 Å². The third-order valence-electron chi connectivity index (χ3n) is 0.732. The molecule has 0 fully saturated rings. The molecule has 0 aromatic carbocycles. The van der Waals surface area contributed by atoms with Crippen LogP contribution in [0.4, 0.5) is 0 Å². The maximum absolute atomic E-state index is 10.2. The van der Waals surface area contributed by atoms with E-state index in [1.807, 2.05) is 0 Å². The van der Waals surface area contributed by atoms with Crippen molar-refractivity contribution in [1.82, 2.24) is 5.01 Å². The average Bonchev–Trinajstić information content (AvgIpc) is 1.49. The van der Waals surface area contributed by atoms with E-state index in [9.17, 15) is 9.13 Å². The molecule has 0 aromatic rings. The lowest BCUT2D eigenvalue weighted by atomic mass is 11.2. The highest BCUT2D eigenvalue weighted by Crippen LogP contribution is 2.39. The standard InChI is InChI=1S/C2H10N2O6P2/c3-4(1-11(5,6)7)2-12(8,9)10/h1-3H2,(H2,5,6,7)(H2,8,9,10). The molecule has 0 rings (SSSR count). The smallest absolute Gasteiger partial charge is 0.323 e. The van der Waals surface area contributed by atoms with Crippen LogP contribution >= 0.6 is 15.2 Å². The van der Waals surface area contributed by atoms with Gasteiger partial charge >= 0.3 is 15.2 Å². The summed E-state index contributed by atoms with van der Waals surface area (Å²) in [7, 11) is -8.70. The fourth-order valence-corrected chi connectivity index (χ4v) is 1.82. The molecule has 8 nitrogen and oxygen atoms in total. The minimum atomic E-state index is -4.35. The Morgan fingerprint density at radius 2 is 1.25 bits per heavy atom. The maximum atomic E-state index is 10.2. The summed E-state index contributed by atoms with van der Waals surface area (Å²) in [6.07, 6.45) is -1.75. The van der Waals surface area contributed by atoms with Crippen molar-refractivity contribution in [3.8, 4) is 0 Å². The monoisotopic (exact) mass is 220 g/mol. The van der Waals surface area contributed by atoms with Crippen LogP contribution in [0.5, 0.6) is 0 Å². The van der Waals surface area contributed by atoms with E-state index >= 15 is 0 Å². The first-order valence-electron chi connectivity index (χ1n) is 2.69. The summed E-state index contributed by atoms with van der Waals surface area (Å²) >= 11 is 0. The SMILES string of the molecule is NN(CP(=O)(O)O)CP(=O)(O)O. The fraction of sp³-hybridized carbons (Fsp3) is 1.00. The number of rotatable bonds is 4. The molecule has 0 unspecified atom stereocenters. The van der Waals surface area contributed by atoms with Gasteiger partial charge < -0.3 is 19.6 Å². The number of hydrogen-bond acceptors (Lipinski definition) is 4. The zero-order valence-electron chi connectivity index (χ0n) is 5.94. The Balaban J connectivity index is 4.00. The Morgan fingerprint density at radius 1 is 1.00 bits per heavy atom. The molecule has 0 saturated heterocycles. The molecule has 0 aromatic heterocycles. The first kappa shape index (κ1) is 12.2. The summed E-state index contributed by atoms with van der Waals surface area (Å²) < 4.78 is 20.5. The Labute approximate surface area is 68.3 Å². The molecule has 74 valence electrons. The summed E-state index contributed by atoms with van der Waals surface area (Å²) in [4.78, 5) is 33.3. The molecule has 0 aliphatic heterocycles. The van der Waals surface area contributed by atoms with Gasteiger partial charge in [-0.15, -0.1) is 0 Å². The summed E-state index contributed by atoms with van der Waals surface area (Å²) in [6.45, 7) is 0. The molecular formula is C2H10N2O6P2. The summed E-state index contributed by atoms with van der Waals surface area (Å²) in [5.74, 6) is 4.89. The van der Waals surface area contributed by atoms with Crippen LogP contribution in [0.25, 0.3) is 0 Å². The van der Waals surface area contributed by atoms with Gasteiger partial charge in [-0.3, -0.25) is 15.0 Å². The van der Waals surface area contributed by atoms with Crippen LogP contribution in [0.15, 0.2) is 0 Å².